The quantitative estimate of drug-likeness (QED) is 0.814. The topological polar surface area (TPSA) is 45.2 Å². The Kier molecular flexibility index (Phi) is 6.33. The molecule has 20 heavy (non-hydrogen) atoms. The normalized spacial score (nSPS) is 16.1. The number of nitrogens with zero attached hydrogens (tertiary/aromatic N) is 2. The molecule has 2 rings (SSSR count). The molecule has 0 atom stereocenters. The van der Waals surface area contributed by atoms with Gasteiger partial charge in [-0.15, -0.1) is 0 Å². The Bertz CT molecular complexity index is 407. The minimum Gasteiger partial charge on any atom is -0.343 e. The zero-order valence-electron chi connectivity index (χ0n) is 12.0. The molecule has 1 aromatic heterocycles. The second kappa shape index (κ2) is 8.27. The van der Waals surface area contributed by atoms with Crippen LogP contribution >= 0.6 is 11.8 Å². The van der Waals surface area contributed by atoms with E-state index in [0.29, 0.717) is 12.5 Å². The Morgan fingerprint density at radius 1 is 1.45 bits per heavy atom. The third-order valence-electron chi connectivity index (χ3n) is 3.69. The molecule has 0 bridgehead atoms. The predicted octanol–water partition coefficient (Wildman–Crippen LogP) is 1.92. The molecule has 0 radical (unpaired) electrons. The van der Waals surface area contributed by atoms with Crippen molar-refractivity contribution in [1.82, 2.24) is 15.2 Å². The zero-order chi connectivity index (χ0) is 14.2. The number of pyridine rings is 1. The number of piperidine rings is 1. The van der Waals surface area contributed by atoms with Crippen LogP contribution in [0.4, 0.5) is 0 Å². The first-order valence-corrected chi connectivity index (χ1v) is 8.37. The molecule has 1 N–H and O–H groups in total. The van der Waals surface area contributed by atoms with Crippen LogP contribution < -0.4 is 5.32 Å². The van der Waals surface area contributed by atoms with Gasteiger partial charge in [0, 0.05) is 37.2 Å². The number of hydrogen-bond donors (Lipinski definition) is 1. The van der Waals surface area contributed by atoms with Crippen molar-refractivity contribution in [2.75, 3.05) is 25.9 Å². The first kappa shape index (κ1) is 15.3. The highest BCUT2D eigenvalue weighted by Gasteiger charge is 2.21. The van der Waals surface area contributed by atoms with Gasteiger partial charge in [-0.2, -0.15) is 11.8 Å². The highest BCUT2D eigenvalue weighted by molar-refractivity contribution is 7.98. The highest BCUT2D eigenvalue weighted by Crippen LogP contribution is 2.14. The maximum atomic E-state index is 12.1. The smallest absolute Gasteiger partial charge is 0.223 e. The SMILES string of the molecule is CN(C(=O)CCSCc1ccccn1)C1CCNCC1. The number of hydrogen-bond acceptors (Lipinski definition) is 4. The third kappa shape index (κ3) is 4.80. The van der Waals surface area contributed by atoms with E-state index in [1.807, 2.05) is 36.3 Å². The van der Waals surface area contributed by atoms with Crippen LogP contribution in [-0.2, 0) is 10.5 Å². The lowest BCUT2D eigenvalue weighted by atomic mass is 10.1. The van der Waals surface area contributed by atoms with E-state index in [4.69, 9.17) is 0 Å². The molecule has 0 saturated carbocycles. The van der Waals surface area contributed by atoms with E-state index in [9.17, 15) is 4.79 Å². The summed E-state index contributed by atoms with van der Waals surface area (Å²) in [4.78, 5) is 18.4. The molecule has 0 unspecified atom stereocenters. The summed E-state index contributed by atoms with van der Waals surface area (Å²) in [6, 6.07) is 6.37. The van der Waals surface area contributed by atoms with Crippen molar-refractivity contribution < 1.29 is 4.79 Å². The van der Waals surface area contributed by atoms with Gasteiger partial charge in [0.1, 0.15) is 0 Å². The van der Waals surface area contributed by atoms with Gasteiger partial charge in [-0.25, -0.2) is 0 Å². The molecule has 4 nitrogen and oxygen atoms in total. The molecule has 1 fully saturated rings. The highest BCUT2D eigenvalue weighted by atomic mass is 32.2. The molecule has 0 spiro atoms. The summed E-state index contributed by atoms with van der Waals surface area (Å²) in [5.41, 5.74) is 1.08. The molecule has 1 aromatic rings. The Hall–Kier alpha value is -1.07. The number of aromatic nitrogens is 1. The summed E-state index contributed by atoms with van der Waals surface area (Å²) >= 11 is 1.78. The number of carbonyl (C=O) groups excluding carboxylic acids is 1. The van der Waals surface area contributed by atoms with Crippen molar-refractivity contribution in [1.29, 1.82) is 0 Å². The van der Waals surface area contributed by atoms with Crippen LogP contribution in [0.2, 0.25) is 0 Å². The number of amides is 1. The Morgan fingerprint density at radius 3 is 2.95 bits per heavy atom. The first-order chi connectivity index (χ1) is 9.77. The van der Waals surface area contributed by atoms with E-state index in [-0.39, 0.29) is 5.91 Å². The summed E-state index contributed by atoms with van der Waals surface area (Å²) in [7, 11) is 1.95. The fourth-order valence-corrected chi connectivity index (χ4v) is 3.24. The number of carbonyl (C=O) groups is 1. The molecule has 1 saturated heterocycles. The lowest BCUT2D eigenvalue weighted by Crippen LogP contribution is -2.44. The van der Waals surface area contributed by atoms with Gasteiger partial charge in [0.2, 0.25) is 5.91 Å². The van der Waals surface area contributed by atoms with Crippen molar-refractivity contribution in [2.45, 2.75) is 31.1 Å². The van der Waals surface area contributed by atoms with Crippen molar-refractivity contribution in [3.05, 3.63) is 30.1 Å². The van der Waals surface area contributed by atoms with Crippen LogP contribution in [0.25, 0.3) is 0 Å². The predicted molar refractivity (Wildman–Crippen MR) is 83.7 cm³/mol. The average Bonchev–Trinajstić information content (AvgIpc) is 2.52. The lowest BCUT2D eigenvalue weighted by molar-refractivity contribution is -0.131. The van der Waals surface area contributed by atoms with Crippen LogP contribution in [0.15, 0.2) is 24.4 Å². The summed E-state index contributed by atoms with van der Waals surface area (Å²) < 4.78 is 0. The molecule has 5 heteroatoms. The van der Waals surface area contributed by atoms with Crippen molar-refractivity contribution in [2.24, 2.45) is 0 Å². The standard InChI is InChI=1S/C15H23N3OS/c1-18(14-5-9-16-10-6-14)15(19)7-11-20-12-13-4-2-3-8-17-13/h2-4,8,14,16H,5-7,9-12H2,1H3. The van der Waals surface area contributed by atoms with Crippen molar-refractivity contribution in [3.63, 3.8) is 0 Å². The molecular formula is C15H23N3OS. The summed E-state index contributed by atoms with van der Waals surface area (Å²) in [5, 5.41) is 3.33. The van der Waals surface area contributed by atoms with Crippen LogP contribution in [-0.4, -0.2) is 47.7 Å². The van der Waals surface area contributed by atoms with Gasteiger partial charge < -0.3 is 10.2 Å². The van der Waals surface area contributed by atoms with E-state index in [1.54, 1.807) is 11.8 Å². The second-order valence-corrected chi connectivity index (χ2v) is 6.21. The van der Waals surface area contributed by atoms with Crippen LogP contribution in [0.3, 0.4) is 0 Å². The maximum absolute atomic E-state index is 12.1. The van der Waals surface area contributed by atoms with E-state index >= 15 is 0 Å². The van der Waals surface area contributed by atoms with Gasteiger partial charge in [-0.3, -0.25) is 9.78 Å². The molecule has 0 aliphatic carbocycles. The second-order valence-electron chi connectivity index (χ2n) is 5.11. The van der Waals surface area contributed by atoms with Gasteiger partial charge in [0.05, 0.1) is 5.69 Å². The van der Waals surface area contributed by atoms with Gasteiger partial charge in [-0.1, -0.05) is 6.07 Å². The molecular weight excluding hydrogens is 270 g/mol. The van der Waals surface area contributed by atoms with E-state index in [2.05, 4.69) is 10.3 Å². The molecule has 110 valence electrons. The van der Waals surface area contributed by atoms with Crippen LogP contribution in [0.1, 0.15) is 25.0 Å². The Morgan fingerprint density at radius 2 is 2.25 bits per heavy atom. The monoisotopic (exact) mass is 293 g/mol. The van der Waals surface area contributed by atoms with Crippen molar-refractivity contribution in [3.8, 4) is 0 Å². The van der Waals surface area contributed by atoms with Crippen LogP contribution in [0.5, 0.6) is 0 Å². The van der Waals surface area contributed by atoms with E-state index in [0.717, 1.165) is 43.1 Å². The number of nitrogens with one attached hydrogen (secondary N) is 1. The molecule has 0 aromatic carbocycles. The Balaban J connectivity index is 1.64. The first-order valence-electron chi connectivity index (χ1n) is 7.21. The number of rotatable bonds is 6. The summed E-state index contributed by atoms with van der Waals surface area (Å²) in [6.07, 6.45) is 4.58. The minimum atomic E-state index is 0.269. The minimum absolute atomic E-state index is 0.269. The fourth-order valence-electron chi connectivity index (χ4n) is 2.39. The number of thioether (sulfide) groups is 1. The van der Waals surface area contributed by atoms with Gasteiger partial charge in [-0.05, 0) is 38.1 Å². The fraction of sp³-hybridized carbons (Fsp3) is 0.600. The van der Waals surface area contributed by atoms with Gasteiger partial charge >= 0.3 is 0 Å². The van der Waals surface area contributed by atoms with Gasteiger partial charge in [0.25, 0.3) is 0 Å². The Labute approximate surface area is 125 Å². The maximum Gasteiger partial charge on any atom is 0.223 e. The molecule has 1 amide bonds. The zero-order valence-corrected chi connectivity index (χ0v) is 12.9. The third-order valence-corrected chi connectivity index (χ3v) is 4.68. The molecule has 1 aliphatic heterocycles. The van der Waals surface area contributed by atoms with E-state index < -0.39 is 0 Å². The molecule has 2 heterocycles. The van der Waals surface area contributed by atoms with E-state index in [1.165, 1.54) is 0 Å². The largest absolute Gasteiger partial charge is 0.343 e. The average molecular weight is 293 g/mol. The van der Waals surface area contributed by atoms with Crippen LogP contribution in [0, 0.1) is 0 Å². The van der Waals surface area contributed by atoms with Gasteiger partial charge in [0.15, 0.2) is 0 Å². The summed E-state index contributed by atoms with van der Waals surface area (Å²) in [5.74, 6) is 2.01. The van der Waals surface area contributed by atoms with Crippen molar-refractivity contribution >= 4 is 17.7 Å². The summed E-state index contributed by atoms with van der Waals surface area (Å²) in [6.45, 7) is 2.05. The lowest BCUT2D eigenvalue weighted by Gasteiger charge is -2.31. The molecule has 1 aliphatic rings.